The molecule has 0 aromatic heterocycles. The number of hydrogen-bond acceptors (Lipinski definition) is 2. The quantitative estimate of drug-likeness (QED) is 0.916. The fourth-order valence-electron chi connectivity index (χ4n) is 2.24. The van der Waals surface area contributed by atoms with Crippen LogP contribution in [-0.4, -0.2) is 25.0 Å². The molecule has 0 radical (unpaired) electrons. The number of halogens is 2. The third-order valence-corrected chi connectivity index (χ3v) is 3.32. The summed E-state index contributed by atoms with van der Waals surface area (Å²) in [5.41, 5.74) is 0.273. The molecule has 5 heteroatoms. The van der Waals surface area contributed by atoms with Crippen LogP contribution in [-0.2, 0) is 4.79 Å². The van der Waals surface area contributed by atoms with E-state index in [0.29, 0.717) is 11.6 Å². The van der Waals surface area contributed by atoms with Crippen molar-refractivity contribution in [2.45, 2.75) is 25.8 Å². The van der Waals surface area contributed by atoms with Gasteiger partial charge in [-0.1, -0.05) is 18.5 Å². The second-order valence-electron chi connectivity index (χ2n) is 4.34. The third kappa shape index (κ3) is 2.65. The molecule has 98 valence electrons. The number of carbonyl (C=O) groups excluding carboxylic acids is 1. The molecule has 1 N–H and O–H groups in total. The van der Waals surface area contributed by atoms with E-state index in [0.717, 1.165) is 19.4 Å². The lowest BCUT2D eigenvalue weighted by Crippen LogP contribution is -2.51. The minimum absolute atomic E-state index is 0.0794. The normalized spacial score (nSPS) is 20.3. The van der Waals surface area contributed by atoms with Gasteiger partial charge in [-0.2, -0.15) is 0 Å². The smallest absolute Gasteiger partial charge is 0.244 e. The van der Waals surface area contributed by atoms with E-state index in [9.17, 15) is 9.18 Å². The predicted octanol–water partition coefficient (Wildman–Crippen LogP) is 2.58. The Labute approximate surface area is 111 Å². The molecule has 0 aliphatic carbocycles. The zero-order chi connectivity index (χ0) is 13.1. The number of hydrogen-bond donors (Lipinski definition) is 1. The molecule has 18 heavy (non-hydrogen) atoms. The average molecular weight is 271 g/mol. The molecular formula is C13H16ClFN2O. The van der Waals surface area contributed by atoms with Crippen LogP contribution in [0.2, 0.25) is 5.02 Å². The second kappa shape index (κ2) is 5.67. The van der Waals surface area contributed by atoms with Crippen LogP contribution < -0.4 is 10.2 Å². The van der Waals surface area contributed by atoms with Gasteiger partial charge in [0.05, 0.1) is 11.7 Å². The Hall–Kier alpha value is -1.13. The summed E-state index contributed by atoms with van der Waals surface area (Å²) in [4.78, 5) is 13.7. The van der Waals surface area contributed by atoms with Crippen molar-refractivity contribution >= 4 is 23.2 Å². The van der Waals surface area contributed by atoms with Crippen LogP contribution in [0, 0.1) is 5.82 Å². The van der Waals surface area contributed by atoms with Crippen LogP contribution >= 0.6 is 11.6 Å². The van der Waals surface area contributed by atoms with Gasteiger partial charge in [-0.3, -0.25) is 4.79 Å². The van der Waals surface area contributed by atoms with E-state index in [2.05, 4.69) is 5.32 Å². The van der Waals surface area contributed by atoms with Crippen molar-refractivity contribution in [2.75, 3.05) is 18.0 Å². The second-order valence-corrected chi connectivity index (χ2v) is 4.77. The molecule has 1 saturated heterocycles. The summed E-state index contributed by atoms with van der Waals surface area (Å²) in [5.74, 6) is -0.492. The van der Waals surface area contributed by atoms with E-state index in [-0.39, 0.29) is 17.6 Å². The lowest BCUT2D eigenvalue weighted by molar-refractivity contribution is -0.121. The maximum Gasteiger partial charge on any atom is 0.244 e. The summed E-state index contributed by atoms with van der Waals surface area (Å²) in [6, 6.07) is 4.06. The number of nitrogens with one attached hydrogen (secondary N) is 1. The molecule has 1 amide bonds. The molecule has 0 bridgehead atoms. The molecule has 0 saturated carbocycles. The summed E-state index contributed by atoms with van der Waals surface area (Å²) in [7, 11) is 0. The Morgan fingerprint density at radius 1 is 1.56 bits per heavy atom. The molecule has 2 rings (SSSR count). The van der Waals surface area contributed by atoms with Crippen molar-refractivity contribution in [3.05, 3.63) is 29.0 Å². The van der Waals surface area contributed by atoms with Gasteiger partial charge in [0.1, 0.15) is 5.82 Å². The van der Waals surface area contributed by atoms with Crippen LogP contribution in [0.3, 0.4) is 0 Å². The van der Waals surface area contributed by atoms with Gasteiger partial charge in [0.25, 0.3) is 0 Å². The number of rotatable bonds is 3. The van der Waals surface area contributed by atoms with Gasteiger partial charge < -0.3 is 10.2 Å². The van der Waals surface area contributed by atoms with Crippen molar-refractivity contribution in [3.8, 4) is 0 Å². The molecule has 0 spiro atoms. The fraction of sp³-hybridized carbons (Fsp3) is 0.462. The maximum absolute atomic E-state index is 13.8. The Morgan fingerprint density at radius 2 is 2.33 bits per heavy atom. The van der Waals surface area contributed by atoms with Crippen molar-refractivity contribution in [1.29, 1.82) is 0 Å². The molecule has 1 aromatic carbocycles. The molecule has 1 heterocycles. The molecular weight excluding hydrogens is 255 g/mol. The van der Waals surface area contributed by atoms with E-state index in [1.54, 1.807) is 0 Å². The predicted molar refractivity (Wildman–Crippen MR) is 70.5 cm³/mol. The molecule has 1 fully saturated rings. The van der Waals surface area contributed by atoms with Crippen LogP contribution in [0.1, 0.15) is 19.8 Å². The van der Waals surface area contributed by atoms with Gasteiger partial charge in [-0.15, -0.1) is 0 Å². The average Bonchev–Trinajstić information content (AvgIpc) is 2.35. The van der Waals surface area contributed by atoms with E-state index in [1.165, 1.54) is 23.1 Å². The number of likely N-dealkylation sites (N-methyl/N-ethyl adjacent to an activating group) is 1. The van der Waals surface area contributed by atoms with E-state index >= 15 is 0 Å². The third-order valence-electron chi connectivity index (χ3n) is 3.09. The topological polar surface area (TPSA) is 32.3 Å². The number of anilines is 1. The summed E-state index contributed by atoms with van der Waals surface area (Å²) < 4.78 is 13.8. The zero-order valence-electron chi connectivity index (χ0n) is 10.2. The number of benzene rings is 1. The van der Waals surface area contributed by atoms with Crippen LogP contribution in [0.4, 0.5) is 10.1 Å². The minimum atomic E-state index is -0.412. The summed E-state index contributed by atoms with van der Waals surface area (Å²) in [5, 5.41) is 3.56. The van der Waals surface area contributed by atoms with Crippen molar-refractivity contribution in [2.24, 2.45) is 0 Å². The SMILES string of the molecule is CCNC1CCCN(c2cc(Cl)ccc2F)C1=O. The highest BCUT2D eigenvalue weighted by molar-refractivity contribution is 6.31. The molecule has 1 atom stereocenters. The Kier molecular flexibility index (Phi) is 4.19. The number of carbonyl (C=O) groups is 1. The molecule has 1 unspecified atom stereocenters. The molecule has 1 aliphatic rings. The van der Waals surface area contributed by atoms with Crippen LogP contribution in [0.5, 0.6) is 0 Å². The highest BCUT2D eigenvalue weighted by Gasteiger charge is 2.30. The first-order valence-corrected chi connectivity index (χ1v) is 6.51. The maximum atomic E-state index is 13.8. The summed E-state index contributed by atoms with van der Waals surface area (Å²) in [6.45, 7) is 3.21. The van der Waals surface area contributed by atoms with E-state index in [1.807, 2.05) is 6.92 Å². The van der Waals surface area contributed by atoms with E-state index < -0.39 is 5.82 Å². The van der Waals surface area contributed by atoms with Crippen LogP contribution in [0.15, 0.2) is 18.2 Å². The molecule has 1 aliphatic heterocycles. The van der Waals surface area contributed by atoms with Crippen LogP contribution in [0.25, 0.3) is 0 Å². The van der Waals surface area contributed by atoms with E-state index in [4.69, 9.17) is 11.6 Å². The molecule has 3 nitrogen and oxygen atoms in total. The monoisotopic (exact) mass is 270 g/mol. The van der Waals surface area contributed by atoms with Gasteiger partial charge >= 0.3 is 0 Å². The lowest BCUT2D eigenvalue weighted by Gasteiger charge is -2.32. The first kappa shape index (κ1) is 13.3. The standard InChI is InChI=1S/C13H16ClFN2O/c1-2-16-11-4-3-7-17(13(11)18)12-8-9(14)5-6-10(12)15/h5-6,8,11,16H,2-4,7H2,1H3. The summed E-state index contributed by atoms with van der Waals surface area (Å²) >= 11 is 5.86. The number of amides is 1. The largest absolute Gasteiger partial charge is 0.308 e. The Balaban J connectivity index is 2.26. The minimum Gasteiger partial charge on any atom is -0.308 e. The van der Waals surface area contributed by atoms with Gasteiger partial charge in [-0.05, 0) is 37.6 Å². The highest BCUT2D eigenvalue weighted by atomic mass is 35.5. The first-order valence-electron chi connectivity index (χ1n) is 6.13. The lowest BCUT2D eigenvalue weighted by atomic mass is 10.0. The van der Waals surface area contributed by atoms with Gasteiger partial charge in [0, 0.05) is 11.6 Å². The molecule has 1 aromatic rings. The highest BCUT2D eigenvalue weighted by Crippen LogP contribution is 2.27. The number of nitrogens with zero attached hydrogens (tertiary/aromatic N) is 1. The fourth-order valence-corrected chi connectivity index (χ4v) is 2.41. The van der Waals surface area contributed by atoms with Gasteiger partial charge in [-0.25, -0.2) is 4.39 Å². The first-order chi connectivity index (χ1) is 8.63. The Bertz CT molecular complexity index is 451. The zero-order valence-corrected chi connectivity index (χ0v) is 11.0. The van der Waals surface area contributed by atoms with Gasteiger partial charge in [0.2, 0.25) is 5.91 Å². The number of piperidine rings is 1. The van der Waals surface area contributed by atoms with Crippen molar-refractivity contribution < 1.29 is 9.18 Å². The van der Waals surface area contributed by atoms with Gasteiger partial charge in [0.15, 0.2) is 0 Å². The Morgan fingerprint density at radius 3 is 3.06 bits per heavy atom. The summed E-state index contributed by atoms with van der Waals surface area (Å²) in [6.07, 6.45) is 1.65. The van der Waals surface area contributed by atoms with Crippen molar-refractivity contribution in [3.63, 3.8) is 0 Å². The van der Waals surface area contributed by atoms with Crippen molar-refractivity contribution in [1.82, 2.24) is 5.32 Å².